The molecule has 1 aromatic heterocycles. The van der Waals surface area contributed by atoms with E-state index in [4.69, 9.17) is 4.52 Å². The van der Waals surface area contributed by atoms with Gasteiger partial charge in [-0.15, -0.1) is 0 Å². The van der Waals surface area contributed by atoms with Gasteiger partial charge in [0.05, 0.1) is 0 Å². The van der Waals surface area contributed by atoms with Gasteiger partial charge in [-0.05, 0) is 56.2 Å². The lowest BCUT2D eigenvalue weighted by Crippen LogP contribution is -2.34. The SMILES string of the molecule is Cc1ccc(NC(=O)N(C)CCc2noc(-c3ccc(C(=O)NC4CCCCCC4)cc3)n2)cc1. The van der Waals surface area contributed by atoms with Crippen LogP contribution in [0.5, 0.6) is 0 Å². The summed E-state index contributed by atoms with van der Waals surface area (Å²) in [5.74, 6) is 0.870. The second kappa shape index (κ2) is 11.6. The summed E-state index contributed by atoms with van der Waals surface area (Å²) >= 11 is 0. The number of nitrogens with zero attached hydrogens (tertiary/aromatic N) is 3. The van der Waals surface area contributed by atoms with Crippen LogP contribution in [0.3, 0.4) is 0 Å². The number of carbonyl (C=O) groups excluding carboxylic acids is 2. The zero-order valence-corrected chi connectivity index (χ0v) is 20.4. The van der Waals surface area contributed by atoms with E-state index in [1.165, 1.54) is 25.7 Å². The lowest BCUT2D eigenvalue weighted by Gasteiger charge is -2.17. The van der Waals surface area contributed by atoms with Gasteiger partial charge in [0.15, 0.2) is 5.82 Å². The van der Waals surface area contributed by atoms with Crippen LogP contribution in [-0.2, 0) is 6.42 Å². The largest absolute Gasteiger partial charge is 0.349 e. The molecule has 0 atom stereocenters. The van der Waals surface area contributed by atoms with Crippen LogP contribution in [0.1, 0.15) is 60.3 Å². The zero-order chi connectivity index (χ0) is 24.6. The molecule has 3 amide bonds. The molecular formula is C27H33N5O3. The molecule has 0 bridgehead atoms. The summed E-state index contributed by atoms with van der Waals surface area (Å²) in [6.07, 6.45) is 7.43. The first kappa shape index (κ1) is 24.4. The Hall–Kier alpha value is -3.68. The molecule has 0 spiro atoms. The van der Waals surface area contributed by atoms with E-state index in [0.717, 1.165) is 29.7 Å². The van der Waals surface area contributed by atoms with E-state index in [0.29, 0.717) is 30.2 Å². The van der Waals surface area contributed by atoms with E-state index in [-0.39, 0.29) is 18.0 Å². The third-order valence-corrected chi connectivity index (χ3v) is 6.37. The zero-order valence-electron chi connectivity index (χ0n) is 20.4. The van der Waals surface area contributed by atoms with Gasteiger partial charge in [0, 0.05) is 42.9 Å². The third-order valence-electron chi connectivity index (χ3n) is 6.37. The lowest BCUT2D eigenvalue weighted by molar-refractivity contribution is 0.0933. The molecule has 1 fully saturated rings. The summed E-state index contributed by atoms with van der Waals surface area (Å²) in [5, 5.41) is 10.1. The summed E-state index contributed by atoms with van der Waals surface area (Å²) in [6.45, 7) is 2.44. The van der Waals surface area contributed by atoms with Crippen molar-refractivity contribution in [3.05, 3.63) is 65.5 Å². The Morgan fingerprint density at radius 3 is 2.37 bits per heavy atom. The minimum atomic E-state index is -0.199. The first-order valence-corrected chi connectivity index (χ1v) is 12.3. The number of anilines is 1. The molecule has 1 heterocycles. The summed E-state index contributed by atoms with van der Waals surface area (Å²) in [7, 11) is 1.73. The van der Waals surface area contributed by atoms with Gasteiger partial charge in [-0.3, -0.25) is 4.79 Å². The van der Waals surface area contributed by atoms with Crippen LogP contribution in [0, 0.1) is 6.92 Å². The summed E-state index contributed by atoms with van der Waals surface area (Å²) in [6, 6.07) is 14.9. The fraction of sp³-hybridized carbons (Fsp3) is 0.407. The number of benzene rings is 2. The molecule has 4 rings (SSSR count). The molecule has 3 aromatic rings. The van der Waals surface area contributed by atoms with Crippen LogP contribution in [0.4, 0.5) is 10.5 Å². The number of hydrogen-bond acceptors (Lipinski definition) is 5. The Balaban J connectivity index is 1.28. The van der Waals surface area contributed by atoms with Crippen LogP contribution in [0.15, 0.2) is 53.1 Å². The summed E-state index contributed by atoms with van der Waals surface area (Å²) < 4.78 is 5.41. The molecule has 0 radical (unpaired) electrons. The fourth-order valence-electron chi connectivity index (χ4n) is 4.15. The van der Waals surface area contributed by atoms with Gasteiger partial charge in [0.25, 0.3) is 11.8 Å². The molecular weight excluding hydrogens is 442 g/mol. The maximum Gasteiger partial charge on any atom is 0.321 e. The van der Waals surface area contributed by atoms with Gasteiger partial charge in [-0.25, -0.2) is 4.79 Å². The number of urea groups is 1. The number of nitrogens with one attached hydrogen (secondary N) is 2. The maximum atomic E-state index is 12.6. The number of aromatic nitrogens is 2. The Morgan fingerprint density at radius 1 is 1.00 bits per heavy atom. The fourth-order valence-corrected chi connectivity index (χ4v) is 4.15. The molecule has 1 aliphatic carbocycles. The van der Waals surface area contributed by atoms with E-state index in [9.17, 15) is 9.59 Å². The van der Waals surface area contributed by atoms with E-state index in [1.807, 2.05) is 43.3 Å². The number of aryl methyl sites for hydroxylation is 1. The third kappa shape index (κ3) is 6.91. The van der Waals surface area contributed by atoms with Crippen molar-refractivity contribution in [2.45, 2.75) is 57.9 Å². The second-order valence-corrected chi connectivity index (χ2v) is 9.22. The van der Waals surface area contributed by atoms with Crippen LogP contribution in [-0.4, -0.2) is 46.6 Å². The van der Waals surface area contributed by atoms with Gasteiger partial charge in [-0.2, -0.15) is 4.98 Å². The minimum Gasteiger partial charge on any atom is -0.349 e. The number of amides is 3. The van der Waals surface area contributed by atoms with Gasteiger partial charge in [0.1, 0.15) is 0 Å². The molecule has 0 aliphatic heterocycles. The lowest BCUT2D eigenvalue weighted by atomic mass is 10.1. The smallest absolute Gasteiger partial charge is 0.321 e. The van der Waals surface area contributed by atoms with Crippen molar-refractivity contribution in [3.8, 4) is 11.5 Å². The van der Waals surface area contributed by atoms with Crippen LogP contribution in [0.2, 0.25) is 0 Å². The van der Waals surface area contributed by atoms with E-state index in [2.05, 4.69) is 20.8 Å². The Kier molecular flexibility index (Phi) is 8.13. The van der Waals surface area contributed by atoms with Gasteiger partial charge in [-0.1, -0.05) is 48.5 Å². The topological polar surface area (TPSA) is 100 Å². The summed E-state index contributed by atoms with van der Waals surface area (Å²) in [5.41, 5.74) is 3.26. The quantitative estimate of drug-likeness (QED) is 0.457. The average Bonchev–Trinajstić information content (AvgIpc) is 3.20. The second-order valence-electron chi connectivity index (χ2n) is 9.22. The Bertz CT molecular complexity index is 1120. The molecule has 1 saturated carbocycles. The standard InChI is InChI=1S/C27H33N5O3/c1-19-9-15-23(16-10-19)29-27(34)32(2)18-17-24-30-26(35-31-24)21-13-11-20(12-14-21)25(33)28-22-7-5-3-4-6-8-22/h9-16,22H,3-8,17-18H2,1-2H3,(H,28,33)(H,29,34). The highest BCUT2D eigenvalue weighted by Gasteiger charge is 2.17. The first-order chi connectivity index (χ1) is 17.0. The van der Waals surface area contributed by atoms with Crippen molar-refractivity contribution in [1.29, 1.82) is 0 Å². The molecule has 184 valence electrons. The predicted molar refractivity (Wildman–Crippen MR) is 135 cm³/mol. The normalized spacial score (nSPS) is 14.2. The van der Waals surface area contributed by atoms with Crippen molar-refractivity contribution in [1.82, 2.24) is 20.4 Å². The van der Waals surface area contributed by atoms with Gasteiger partial charge in [0.2, 0.25) is 0 Å². The van der Waals surface area contributed by atoms with Crippen molar-refractivity contribution in [3.63, 3.8) is 0 Å². The Labute approximate surface area is 206 Å². The van der Waals surface area contributed by atoms with Gasteiger partial charge < -0.3 is 20.1 Å². The molecule has 0 unspecified atom stereocenters. The molecule has 0 saturated heterocycles. The van der Waals surface area contributed by atoms with Gasteiger partial charge >= 0.3 is 6.03 Å². The van der Waals surface area contributed by atoms with Crippen molar-refractivity contribution >= 4 is 17.6 Å². The molecule has 2 aromatic carbocycles. The summed E-state index contributed by atoms with van der Waals surface area (Å²) in [4.78, 5) is 31.0. The van der Waals surface area contributed by atoms with Crippen LogP contribution >= 0.6 is 0 Å². The number of rotatable bonds is 7. The molecule has 35 heavy (non-hydrogen) atoms. The highest BCUT2D eigenvalue weighted by Crippen LogP contribution is 2.20. The first-order valence-electron chi connectivity index (χ1n) is 12.3. The molecule has 2 N–H and O–H groups in total. The van der Waals surface area contributed by atoms with Crippen molar-refractivity contribution < 1.29 is 14.1 Å². The van der Waals surface area contributed by atoms with E-state index >= 15 is 0 Å². The van der Waals surface area contributed by atoms with Crippen LogP contribution < -0.4 is 10.6 Å². The van der Waals surface area contributed by atoms with Crippen LogP contribution in [0.25, 0.3) is 11.5 Å². The van der Waals surface area contributed by atoms with E-state index in [1.54, 1.807) is 24.1 Å². The van der Waals surface area contributed by atoms with Crippen molar-refractivity contribution in [2.75, 3.05) is 18.9 Å². The molecule has 8 heteroatoms. The van der Waals surface area contributed by atoms with Crippen molar-refractivity contribution in [2.24, 2.45) is 0 Å². The number of carbonyl (C=O) groups is 2. The maximum absolute atomic E-state index is 12.6. The highest BCUT2D eigenvalue weighted by molar-refractivity contribution is 5.94. The minimum absolute atomic E-state index is 0.0402. The predicted octanol–water partition coefficient (Wildman–Crippen LogP) is 5.20. The number of likely N-dealkylation sites (N-methyl/N-ethyl adjacent to an activating group) is 1. The molecule has 8 nitrogen and oxygen atoms in total. The average molecular weight is 476 g/mol. The molecule has 1 aliphatic rings. The van der Waals surface area contributed by atoms with E-state index < -0.39 is 0 Å². The Morgan fingerprint density at radius 2 is 1.69 bits per heavy atom. The highest BCUT2D eigenvalue weighted by atomic mass is 16.5. The monoisotopic (exact) mass is 475 g/mol. The number of hydrogen-bond donors (Lipinski definition) is 2.